The van der Waals surface area contributed by atoms with Gasteiger partial charge in [-0.1, -0.05) is 30.3 Å². The first-order chi connectivity index (χ1) is 13.6. The van der Waals surface area contributed by atoms with Crippen LogP contribution in [0.4, 0.5) is 16.4 Å². The number of aromatic nitrogens is 2. The third-order valence-corrected chi connectivity index (χ3v) is 3.31. The van der Waals surface area contributed by atoms with Gasteiger partial charge in [0.1, 0.15) is 18.2 Å². The van der Waals surface area contributed by atoms with E-state index in [-0.39, 0.29) is 6.61 Å². The van der Waals surface area contributed by atoms with E-state index in [0.717, 1.165) is 11.8 Å². The van der Waals surface area contributed by atoms with Crippen molar-refractivity contribution in [3.8, 4) is 0 Å². The van der Waals surface area contributed by atoms with Crippen molar-refractivity contribution in [2.24, 2.45) is 0 Å². The minimum absolute atomic E-state index is 0.194. The number of carbonyl (C=O) groups is 3. The van der Waals surface area contributed by atoms with Crippen LogP contribution in [0, 0.1) is 0 Å². The molecule has 8 heteroatoms. The third-order valence-electron chi connectivity index (χ3n) is 3.31. The number of ether oxygens (including phenoxy) is 1. The number of nitrogens with zero attached hydrogens (tertiary/aromatic N) is 2. The van der Waals surface area contributed by atoms with Crippen LogP contribution in [0.2, 0.25) is 0 Å². The molecule has 3 rings (SSSR count). The van der Waals surface area contributed by atoms with Gasteiger partial charge >= 0.3 is 6.09 Å². The van der Waals surface area contributed by atoms with Crippen LogP contribution in [0.15, 0.2) is 67.0 Å². The molecule has 0 aliphatic rings. The topological polar surface area (TPSA) is 124 Å². The Morgan fingerprint density at radius 1 is 0.929 bits per heavy atom. The van der Waals surface area contributed by atoms with Crippen LogP contribution < -0.4 is 11.1 Å². The van der Waals surface area contributed by atoms with Crippen molar-refractivity contribution in [1.82, 2.24) is 9.97 Å². The summed E-state index contributed by atoms with van der Waals surface area (Å²) in [5.41, 5.74) is 7.15. The Kier molecular flexibility index (Phi) is 7.82. The Morgan fingerprint density at radius 2 is 1.57 bits per heavy atom. The quantitative estimate of drug-likeness (QED) is 0.654. The highest BCUT2D eigenvalue weighted by atomic mass is 16.5. The van der Waals surface area contributed by atoms with Crippen molar-refractivity contribution in [2.75, 3.05) is 11.1 Å². The number of hydrogen-bond donors (Lipinski definition) is 2. The van der Waals surface area contributed by atoms with Gasteiger partial charge in [0.05, 0.1) is 0 Å². The Hall–Kier alpha value is -4.07. The summed E-state index contributed by atoms with van der Waals surface area (Å²) in [6.45, 7) is 0.194. The molecule has 3 aromatic rings. The Balaban J connectivity index is 0.000000261. The summed E-state index contributed by atoms with van der Waals surface area (Å²) in [7, 11) is 0. The van der Waals surface area contributed by atoms with Gasteiger partial charge in [-0.3, -0.25) is 14.9 Å². The van der Waals surface area contributed by atoms with E-state index in [2.05, 4.69) is 15.3 Å². The molecule has 0 spiro atoms. The molecule has 0 radical (unpaired) electrons. The minimum Gasteiger partial charge on any atom is -0.444 e. The fraction of sp³-hybridized carbons (Fsp3) is 0.0500. The van der Waals surface area contributed by atoms with Gasteiger partial charge < -0.3 is 10.5 Å². The number of nitrogens with one attached hydrogen (secondary N) is 1. The van der Waals surface area contributed by atoms with E-state index >= 15 is 0 Å². The first-order valence-electron chi connectivity index (χ1n) is 8.16. The van der Waals surface area contributed by atoms with Crippen LogP contribution in [-0.4, -0.2) is 28.6 Å². The molecule has 0 atom stereocenters. The van der Waals surface area contributed by atoms with Gasteiger partial charge in [-0.25, -0.2) is 14.8 Å². The molecule has 1 amide bonds. The zero-order valence-corrected chi connectivity index (χ0v) is 14.8. The van der Waals surface area contributed by atoms with E-state index in [1.807, 2.05) is 30.3 Å². The maximum absolute atomic E-state index is 11.5. The van der Waals surface area contributed by atoms with Gasteiger partial charge in [0.15, 0.2) is 12.6 Å². The van der Waals surface area contributed by atoms with E-state index < -0.39 is 6.09 Å². The molecule has 2 heterocycles. The highest BCUT2D eigenvalue weighted by Gasteiger charge is 2.04. The normalized spacial score (nSPS) is 9.43. The van der Waals surface area contributed by atoms with Crippen LogP contribution in [0.3, 0.4) is 0 Å². The predicted octanol–water partition coefficient (Wildman–Crippen LogP) is 3.12. The number of aldehydes is 2. The fourth-order valence-electron chi connectivity index (χ4n) is 1.90. The summed E-state index contributed by atoms with van der Waals surface area (Å²) >= 11 is 0. The van der Waals surface area contributed by atoms with Crippen molar-refractivity contribution < 1.29 is 19.1 Å². The SMILES string of the molecule is Nc1ccc(C=O)cn1.O=Cc1ccc(NC(=O)OCc2ccccc2)nc1. The second kappa shape index (κ2) is 10.8. The van der Waals surface area contributed by atoms with Crippen LogP contribution in [0.5, 0.6) is 0 Å². The van der Waals surface area contributed by atoms with Crippen LogP contribution in [0.25, 0.3) is 0 Å². The summed E-state index contributed by atoms with van der Waals surface area (Å²) in [6.07, 6.45) is 3.63. The van der Waals surface area contributed by atoms with Crippen LogP contribution in [0.1, 0.15) is 26.3 Å². The number of anilines is 2. The molecule has 28 heavy (non-hydrogen) atoms. The molecule has 1 aromatic carbocycles. The molecule has 0 aliphatic carbocycles. The molecule has 8 nitrogen and oxygen atoms in total. The monoisotopic (exact) mass is 378 g/mol. The van der Waals surface area contributed by atoms with Gasteiger partial charge in [-0.2, -0.15) is 0 Å². The number of amides is 1. The number of rotatable bonds is 5. The molecule has 0 saturated carbocycles. The van der Waals surface area contributed by atoms with Crippen molar-refractivity contribution >= 4 is 30.3 Å². The molecule has 0 fully saturated rings. The standard InChI is InChI=1S/C14H12N2O3.C6H6N2O/c17-9-12-6-7-13(15-8-12)16-14(18)19-10-11-4-2-1-3-5-11;7-6-2-1-5(4-9)3-8-6/h1-9H,10H2,(H,15,16,18);1-4H,(H2,7,8). The van der Waals surface area contributed by atoms with E-state index in [0.29, 0.717) is 29.0 Å². The first-order valence-corrected chi connectivity index (χ1v) is 8.16. The van der Waals surface area contributed by atoms with Crippen molar-refractivity contribution in [3.05, 3.63) is 83.7 Å². The molecule has 0 saturated heterocycles. The second-order valence-corrected chi connectivity index (χ2v) is 5.42. The number of benzene rings is 1. The largest absolute Gasteiger partial charge is 0.444 e. The molecule has 142 valence electrons. The number of carbonyl (C=O) groups excluding carboxylic acids is 3. The van der Waals surface area contributed by atoms with Gasteiger partial charge in [0.25, 0.3) is 0 Å². The average molecular weight is 378 g/mol. The maximum atomic E-state index is 11.5. The summed E-state index contributed by atoms with van der Waals surface area (Å²) in [6, 6.07) is 15.7. The van der Waals surface area contributed by atoms with Crippen molar-refractivity contribution in [3.63, 3.8) is 0 Å². The van der Waals surface area contributed by atoms with Crippen LogP contribution in [-0.2, 0) is 11.3 Å². The molecule has 3 N–H and O–H groups in total. The number of nitrogens with two attached hydrogens (primary N) is 1. The molecule has 0 bridgehead atoms. The molecular weight excluding hydrogens is 360 g/mol. The Bertz CT molecular complexity index is 898. The summed E-state index contributed by atoms with van der Waals surface area (Å²) in [5.74, 6) is 0.768. The zero-order valence-electron chi connectivity index (χ0n) is 14.8. The minimum atomic E-state index is -0.588. The van der Waals surface area contributed by atoms with Gasteiger partial charge in [-0.15, -0.1) is 0 Å². The van der Waals surface area contributed by atoms with E-state index in [1.54, 1.807) is 18.2 Å². The smallest absolute Gasteiger partial charge is 0.413 e. The summed E-state index contributed by atoms with van der Waals surface area (Å²) < 4.78 is 5.03. The molecular formula is C20H18N4O4. The van der Waals surface area contributed by atoms with E-state index in [1.165, 1.54) is 18.5 Å². The Labute approximate surface area is 161 Å². The lowest BCUT2D eigenvalue weighted by Crippen LogP contribution is -2.14. The first kappa shape index (κ1) is 20.2. The predicted molar refractivity (Wildman–Crippen MR) is 104 cm³/mol. The number of pyridine rings is 2. The zero-order chi connectivity index (χ0) is 20.2. The van der Waals surface area contributed by atoms with E-state index in [9.17, 15) is 14.4 Å². The van der Waals surface area contributed by atoms with Gasteiger partial charge in [-0.05, 0) is 29.8 Å². The maximum Gasteiger partial charge on any atom is 0.413 e. The van der Waals surface area contributed by atoms with Gasteiger partial charge in [0.2, 0.25) is 0 Å². The second-order valence-electron chi connectivity index (χ2n) is 5.42. The molecule has 0 unspecified atom stereocenters. The Morgan fingerprint density at radius 3 is 2.11 bits per heavy atom. The van der Waals surface area contributed by atoms with Crippen molar-refractivity contribution in [1.29, 1.82) is 0 Å². The lowest BCUT2D eigenvalue weighted by Gasteiger charge is -2.06. The average Bonchev–Trinajstić information content (AvgIpc) is 2.75. The van der Waals surface area contributed by atoms with Crippen molar-refractivity contribution in [2.45, 2.75) is 6.61 Å². The van der Waals surface area contributed by atoms with Crippen LogP contribution >= 0.6 is 0 Å². The summed E-state index contributed by atoms with van der Waals surface area (Å²) in [4.78, 5) is 39.6. The van der Waals surface area contributed by atoms with Gasteiger partial charge in [0, 0.05) is 23.5 Å². The fourth-order valence-corrected chi connectivity index (χ4v) is 1.90. The third kappa shape index (κ3) is 7.04. The lowest BCUT2D eigenvalue weighted by atomic mass is 10.2. The lowest BCUT2D eigenvalue weighted by molar-refractivity contribution is 0.111. The van der Waals surface area contributed by atoms with E-state index in [4.69, 9.17) is 10.5 Å². The molecule has 2 aromatic heterocycles. The number of hydrogen-bond acceptors (Lipinski definition) is 7. The number of nitrogen functional groups attached to an aromatic ring is 1. The molecule has 0 aliphatic heterocycles. The highest BCUT2D eigenvalue weighted by Crippen LogP contribution is 2.05. The summed E-state index contributed by atoms with van der Waals surface area (Å²) in [5, 5.41) is 2.48. The highest BCUT2D eigenvalue weighted by molar-refractivity contribution is 5.84.